The minimum Gasteiger partial charge on any atom is -0.354 e. The molecule has 0 bridgehead atoms. The van der Waals surface area contributed by atoms with Crippen molar-refractivity contribution >= 4 is 11.8 Å². The van der Waals surface area contributed by atoms with Crippen LogP contribution in [0.4, 0.5) is 13.2 Å². The molecule has 2 saturated heterocycles. The molecular weight excluding hydrogens is 355 g/mol. The Balaban J connectivity index is 1.38. The molecule has 26 heavy (non-hydrogen) atoms. The smallest absolute Gasteiger partial charge is 0.354 e. The second kappa shape index (κ2) is 7.60. The van der Waals surface area contributed by atoms with Gasteiger partial charge in [-0.1, -0.05) is 5.16 Å². The van der Waals surface area contributed by atoms with Crippen LogP contribution >= 0.6 is 0 Å². The van der Waals surface area contributed by atoms with Gasteiger partial charge in [-0.15, -0.1) is 0 Å². The maximum atomic E-state index is 12.5. The Labute approximate surface area is 147 Å². The third-order valence-corrected chi connectivity index (χ3v) is 4.66. The second-order valence-corrected chi connectivity index (χ2v) is 6.63. The molecule has 3 rings (SSSR count). The van der Waals surface area contributed by atoms with Crippen molar-refractivity contribution in [3.05, 3.63) is 11.7 Å². The lowest BCUT2D eigenvalue weighted by molar-refractivity contribution is -0.146. The Kier molecular flexibility index (Phi) is 5.44. The molecule has 8 nitrogen and oxygen atoms in total. The zero-order valence-electron chi connectivity index (χ0n) is 14.0. The first-order chi connectivity index (χ1) is 12.3. The molecule has 2 amide bonds. The van der Waals surface area contributed by atoms with Gasteiger partial charge in [0.1, 0.15) is 6.04 Å². The largest absolute Gasteiger partial charge is 0.455 e. The third-order valence-electron chi connectivity index (χ3n) is 4.66. The summed E-state index contributed by atoms with van der Waals surface area (Å²) in [5.74, 6) is -1.29. The normalized spacial score (nSPS) is 22.4. The number of carbonyl (C=O) groups is 2. The highest BCUT2D eigenvalue weighted by Gasteiger charge is 2.37. The molecule has 0 saturated carbocycles. The van der Waals surface area contributed by atoms with Crippen molar-refractivity contribution in [2.45, 2.75) is 44.4 Å². The van der Waals surface area contributed by atoms with Crippen LogP contribution in [0.5, 0.6) is 0 Å². The Morgan fingerprint density at radius 3 is 2.62 bits per heavy atom. The van der Waals surface area contributed by atoms with Gasteiger partial charge in [0.05, 0.1) is 6.54 Å². The molecule has 2 fully saturated rings. The van der Waals surface area contributed by atoms with Crippen molar-refractivity contribution in [3.8, 4) is 0 Å². The van der Waals surface area contributed by atoms with Crippen molar-refractivity contribution in [3.63, 3.8) is 0 Å². The van der Waals surface area contributed by atoms with E-state index in [-0.39, 0.29) is 24.2 Å². The molecule has 1 aromatic rings. The van der Waals surface area contributed by atoms with E-state index < -0.39 is 18.0 Å². The van der Waals surface area contributed by atoms with Gasteiger partial charge in [-0.2, -0.15) is 18.2 Å². The zero-order chi connectivity index (χ0) is 18.7. The number of likely N-dealkylation sites (tertiary alicyclic amines) is 1. The van der Waals surface area contributed by atoms with Gasteiger partial charge in [0.25, 0.3) is 5.82 Å². The van der Waals surface area contributed by atoms with Crippen LogP contribution in [-0.4, -0.2) is 52.5 Å². The van der Waals surface area contributed by atoms with Crippen LogP contribution in [0.3, 0.4) is 0 Å². The van der Waals surface area contributed by atoms with Gasteiger partial charge in [0.15, 0.2) is 0 Å². The van der Waals surface area contributed by atoms with E-state index in [0.717, 1.165) is 12.8 Å². The molecule has 2 aliphatic heterocycles. The van der Waals surface area contributed by atoms with Crippen molar-refractivity contribution in [1.82, 2.24) is 25.7 Å². The molecule has 0 aliphatic carbocycles. The van der Waals surface area contributed by atoms with E-state index in [2.05, 4.69) is 25.3 Å². The van der Waals surface area contributed by atoms with Gasteiger partial charge in [-0.05, 0) is 38.3 Å². The van der Waals surface area contributed by atoms with Crippen molar-refractivity contribution in [1.29, 1.82) is 0 Å². The van der Waals surface area contributed by atoms with E-state index in [1.807, 2.05) is 4.90 Å². The van der Waals surface area contributed by atoms with E-state index >= 15 is 0 Å². The van der Waals surface area contributed by atoms with E-state index in [9.17, 15) is 22.8 Å². The van der Waals surface area contributed by atoms with Crippen LogP contribution < -0.4 is 10.6 Å². The summed E-state index contributed by atoms with van der Waals surface area (Å²) in [7, 11) is 0. The fourth-order valence-corrected chi connectivity index (χ4v) is 3.15. The number of piperidine rings is 1. The highest BCUT2D eigenvalue weighted by atomic mass is 19.4. The number of halogens is 3. The summed E-state index contributed by atoms with van der Waals surface area (Å²) in [5.41, 5.74) is 0. The Morgan fingerprint density at radius 1 is 1.31 bits per heavy atom. The number of nitrogens with one attached hydrogen (secondary N) is 2. The summed E-state index contributed by atoms with van der Waals surface area (Å²) >= 11 is 0. The summed E-state index contributed by atoms with van der Waals surface area (Å²) in [6.45, 7) is 2.04. The van der Waals surface area contributed by atoms with Gasteiger partial charge in [0, 0.05) is 13.0 Å². The third kappa shape index (κ3) is 4.71. The number of hydrogen-bond acceptors (Lipinski definition) is 6. The van der Waals surface area contributed by atoms with Gasteiger partial charge >= 0.3 is 6.18 Å². The summed E-state index contributed by atoms with van der Waals surface area (Å²) in [6.07, 6.45) is -2.10. The molecular formula is C15H20F3N5O3. The number of nitrogens with zero attached hydrogens (tertiary/aromatic N) is 3. The molecule has 11 heteroatoms. The monoisotopic (exact) mass is 375 g/mol. The first-order valence-electron chi connectivity index (χ1n) is 8.50. The molecule has 1 atom stereocenters. The van der Waals surface area contributed by atoms with Gasteiger partial charge < -0.3 is 15.2 Å². The highest BCUT2D eigenvalue weighted by Crippen LogP contribution is 2.26. The molecule has 0 spiro atoms. The van der Waals surface area contributed by atoms with Crippen molar-refractivity contribution in [2.75, 3.05) is 19.6 Å². The molecule has 0 radical (unpaired) electrons. The van der Waals surface area contributed by atoms with E-state index in [1.54, 1.807) is 0 Å². The Morgan fingerprint density at radius 2 is 2.04 bits per heavy atom. The van der Waals surface area contributed by atoms with Crippen LogP contribution in [0.2, 0.25) is 0 Å². The Hall–Kier alpha value is -2.17. The fraction of sp³-hybridized carbons (Fsp3) is 0.733. The SMILES string of the molecule is O=C1CCC(C(=O)NCC2CCN(Cc3nc(C(F)(F)F)no3)CC2)N1. The minimum atomic E-state index is -4.61. The average molecular weight is 375 g/mol. The first-order valence-corrected chi connectivity index (χ1v) is 8.50. The lowest BCUT2D eigenvalue weighted by Gasteiger charge is -2.31. The number of rotatable bonds is 5. The summed E-state index contributed by atoms with van der Waals surface area (Å²) in [4.78, 5) is 28.4. The van der Waals surface area contributed by atoms with Crippen LogP contribution in [0, 0.1) is 5.92 Å². The van der Waals surface area contributed by atoms with Gasteiger partial charge in [-0.25, -0.2) is 0 Å². The number of carbonyl (C=O) groups excluding carboxylic acids is 2. The van der Waals surface area contributed by atoms with Gasteiger partial charge in [-0.3, -0.25) is 14.5 Å². The number of aromatic nitrogens is 2. The maximum absolute atomic E-state index is 12.5. The quantitative estimate of drug-likeness (QED) is 0.786. The summed E-state index contributed by atoms with van der Waals surface area (Å²) in [6, 6.07) is -0.442. The minimum absolute atomic E-state index is 0.0546. The molecule has 2 N–H and O–H groups in total. The van der Waals surface area contributed by atoms with Crippen LogP contribution in [-0.2, 0) is 22.3 Å². The van der Waals surface area contributed by atoms with E-state index in [1.165, 1.54) is 0 Å². The first kappa shape index (κ1) is 18.6. The van der Waals surface area contributed by atoms with E-state index in [0.29, 0.717) is 38.4 Å². The maximum Gasteiger partial charge on any atom is 0.455 e. The highest BCUT2D eigenvalue weighted by molar-refractivity contribution is 5.90. The van der Waals surface area contributed by atoms with Crippen molar-refractivity contribution in [2.24, 2.45) is 5.92 Å². The second-order valence-electron chi connectivity index (χ2n) is 6.63. The molecule has 1 unspecified atom stereocenters. The van der Waals surface area contributed by atoms with Crippen molar-refractivity contribution < 1.29 is 27.3 Å². The standard InChI is InChI=1S/C15H20F3N5O3/c16-15(17,18)14-21-12(26-22-14)8-23-5-3-9(4-6-23)7-19-13(25)10-1-2-11(24)20-10/h9-10H,1-8H2,(H,19,25)(H,20,24). The molecule has 0 aromatic carbocycles. The molecule has 144 valence electrons. The topological polar surface area (TPSA) is 100 Å². The van der Waals surface area contributed by atoms with Crippen LogP contribution in [0.15, 0.2) is 4.52 Å². The van der Waals surface area contributed by atoms with Crippen LogP contribution in [0.1, 0.15) is 37.4 Å². The number of alkyl halides is 3. The molecule has 2 aliphatic rings. The predicted octanol–water partition coefficient (Wildman–Crippen LogP) is 0.695. The fourth-order valence-electron chi connectivity index (χ4n) is 3.15. The Bertz CT molecular complexity index is 655. The molecule has 1 aromatic heterocycles. The molecule has 3 heterocycles. The number of amides is 2. The van der Waals surface area contributed by atoms with Gasteiger partial charge in [0.2, 0.25) is 17.7 Å². The van der Waals surface area contributed by atoms with E-state index in [4.69, 9.17) is 0 Å². The van der Waals surface area contributed by atoms with Crippen LogP contribution in [0.25, 0.3) is 0 Å². The number of hydrogen-bond donors (Lipinski definition) is 2. The summed E-state index contributed by atoms with van der Waals surface area (Å²) < 4.78 is 42.0. The zero-order valence-corrected chi connectivity index (χ0v) is 14.0. The lowest BCUT2D eigenvalue weighted by atomic mass is 9.96. The average Bonchev–Trinajstić information content (AvgIpc) is 3.23. The predicted molar refractivity (Wildman–Crippen MR) is 81.5 cm³/mol. The summed E-state index contributed by atoms with van der Waals surface area (Å²) in [5, 5.41) is 8.43. The lowest BCUT2D eigenvalue weighted by Crippen LogP contribution is -2.44.